The first kappa shape index (κ1) is 22.9. The highest BCUT2D eigenvalue weighted by Crippen LogP contribution is 2.34. The molecule has 0 unspecified atom stereocenters. The number of hydrogen-bond donors (Lipinski definition) is 3. The Morgan fingerprint density at radius 2 is 1.84 bits per heavy atom. The molecule has 0 radical (unpaired) electrons. The van der Waals surface area contributed by atoms with Crippen molar-refractivity contribution in [3.8, 4) is 22.5 Å². The topological polar surface area (TPSA) is 119 Å². The molecule has 5 aromatic heterocycles. The van der Waals surface area contributed by atoms with E-state index in [4.69, 9.17) is 0 Å². The number of anilines is 2. The van der Waals surface area contributed by atoms with Gasteiger partial charge in [-0.1, -0.05) is 6.42 Å². The lowest BCUT2D eigenvalue weighted by Gasteiger charge is -2.34. The molecule has 3 N–H and O–H groups in total. The van der Waals surface area contributed by atoms with Crippen LogP contribution in [0.25, 0.3) is 44.6 Å². The average Bonchev–Trinajstić information content (AvgIpc) is 3.52. The minimum atomic E-state index is 0.0734. The molecular weight excluding hydrogens is 478 g/mol. The van der Waals surface area contributed by atoms with E-state index in [1.54, 1.807) is 18.6 Å². The summed E-state index contributed by atoms with van der Waals surface area (Å²) in [7, 11) is 2.16. The number of nitrogens with zero attached hydrogens (tertiary/aromatic N) is 6. The van der Waals surface area contributed by atoms with Crippen molar-refractivity contribution in [1.82, 2.24) is 35.0 Å². The van der Waals surface area contributed by atoms with Crippen molar-refractivity contribution in [3.63, 3.8) is 0 Å². The summed E-state index contributed by atoms with van der Waals surface area (Å²) in [5, 5.41) is 12.6. The third-order valence-electron chi connectivity index (χ3n) is 7.85. The average molecular weight is 508 g/mol. The molecule has 1 saturated heterocycles. The number of piperazine rings is 1. The normalized spacial score (nSPS) is 16.7. The van der Waals surface area contributed by atoms with Gasteiger partial charge in [0, 0.05) is 78.3 Å². The maximum absolute atomic E-state index is 12.4. The van der Waals surface area contributed by atoms with Gasteiger partial charge in [0.2, 0.25) is 5.91 Å². The monoisotopic (exact) mass is 507 g/mol. The molecular formula is C28H29N9O. The van der Waals surface area contributed by atoms with Crippen LogP contribution in [-0.2, 0) is 4.79 Å². The lowest BCUT2D eigenvalue weighted by Crippen LogP contribution is -2.44. The number of carbonyl (C=O) groups excluding carboxylic acids is 1. The van der Waals surface area contributed by atoms with Crippen molar-refractivity contribution in [2.45, 2.75) is 19.3 Å². The van der Waals surface area contributed by atoms with Crippen LogP contribution >= 0.6 is 0 Å². The predicted molar refractivity (Wildman–Crippen MR) is 148 cm³/mol. The van der Waals surface area contributed by atoms with Gasteiger partial charge < -0.3 is 20.1 Å². The number of rotatable bonds is 5. The van der Waals surface area contributed by atoms with Gasteiger partial charge in [-0.3, -0.25) is 14.9 Å². The van der Waals surface area contributed by atoms with Crippen molar-refractivity contribution >= 4 is 39.3 Å². The Bertz CT molecular complexity index is 1640. The fourth-order valence-electron chi connectivity index (χ4n) is 5.31. The smallest absolute Gasteiger partial charge is 0.227 e. The van der Waals surface area contributed by atoms with Gasteiger partial charge in [-0.2, -0.15) is 5.10 Å². The van der Waals surface area contributed by atoms with Crippen molar-refractivity contribution in [2.24, 2.45) is 5.92 Å². The van der Waals surface area contributed by atoms with Crippen LogP contribution in [-0.4, -0.2) is 74.2 Å². The number of amides is 1. The number of pyridine rings is 3. The Balaban J connectivity index is 1.22. The maximum atomic E-state index is 12.4. The van der Waals surface area contributed by atoms with Crippen molar-refractivity contribution in [3.05, 3.63) is 49.1 Å². The molecule has 2 fully saturated rings. The predicted octanol–water partition coefficient (Wildman–Crippen LogP) is 4.05. The van der Waals surface area contributed by atoms with Crippen LogP contribution in [0, 0.1) is 5.92 Å². The van der Waals surface area contributed by atoms with Crippen molar-refractivity contribution < 1.29 is 4.79 Å². The van der Waals surface area contributed by atoms with E-state index in [-0.39, 0.29) is 11.8 Å². The molecule has 2 aliphatic rings. The Morgan fingerprint density at radius 3 is 2.66 bits per heavy atom. The summed E-state index contributed by atoms with van der Waals surface area (Å²) in [4.78, 5) is 34.2. The van der Waals surface area contributed by atoms with Crippen LogP contribution in [0.2, 0.25) is 0 Å². The van der Waals surface area contributed by atoms with Gasteiger partial charge in [0.05, 0.1) is 23.3 Å². The van der Waals surface area contributed by atoms with E-state index in [0.717, 1.165) is 84.4 Å². The van der Waals surface area contributed by atoms with E-state index in [2.05, 4.69) is 70.5 Å². The highest BCUT2D eigenvalue weighted by Gasteiger charge is 2.25. The molecule has 10 nitrogen and oxygen atoms in total. The molecule has 0 aromatic carbocycles. The van der Waals surface area contributed by atoms with Gasteiger partial charge in [-0.25, -0.2) is 9.97 Å². The number of aromatic amines is 2. The third-order valence-corrected chi connectivity index (χ3v) is 7.85. The first-order chi connectivity index (χ1) is 18.6. The number of likely N-dealkylation sites (N-methyl/N-ethyl adjacent to an activating group) is 1. The molecule has 7 rings (SSSR count). The van der Waals surface area contributed by atoms with Crippen LogP contribution in [0.3, 0.4) is 0 Å². The largest absolute Gasteiger partial charge is 0.368 e. The Labute approximate surface area is 219 Å². The summed E-state index contributed by atoms with van der Waals surface area (Å²) in [5.74, 6) is 0.192. The van der Waals surface area contributed by atoms with Crippen LogP contribution in [0.1, 0.15) is 19.3 Å². The molecule has 192 valence electrons. The summed E-state index contributed by atoms with van der Waals surface area (Å²) in [6.45, 7) is 4.07. The van der Waals surface area contributed by atoms with Gasteiger partial charge in [-0.15, -0.1) is 0 Å². The van der Waals surface area contributed by atoms with Gasteiger partial charge in [0.15, 0.2) is 5.65 Å². The summed E-state index contributed by atoms with van der Waals surface area (Å²) in [5.41, 5.74) is 6.94. The van der Waals surface area contributed by atoms with Gasteiger partial charge in [-0.05, 0) is 44.2 Å². The SMILES string of the molecule is CN1CCN(c2ccnc3[nH]c(-c4[nH]nc5ncc(-c6cncc(NC(=O)C7CCC7)c6)cc45)cc23)CC1. The van der Waals surface area contributed by atoms with Crippen LogP contribution in [0.5, 0.6) is 0 Å². The summed E-state index contributed by atoms with van der Waals surface area (Å²) in [6.07, 6.45) is 10.2. The standard InChI is InChI=1S/C28H29N9O/c1-36-7-9-37(10-8-36)24-5-6-30-26-21(24)13-23(33-26)25-22-12-19(15-31-27(22)35-34-25)18-11-20(16-29-14-18)32-28(38)17-3-2-4-17/h5-6,11-17H,2-4,7-10H2,1H3,(H,30,33)(H,32,38)(H,31,34,35). The zero-order valence-electron chi connectivity index (χ0n) is 21.2. The van der Waals surface area contributed by atoms with Gasteiger partial charge in [0.1, 0.15) is 5.65 Å². The second-order valence-corrected chi connectivity index (χ2v) is 10.3. The van der Waals surface area contributed by atoms with E-state index in [1.807, 2.05) is 12.3 Å². The van der Waals surface area contributed by atoms with E-state index in [9.17, 15) is 4.79 Å². The van der Waals surface area contributed by atoms with Crippen molar-refractivity contribution in [2.75, 3.05) is 43.4 Å². The molecule has 1 amide bonds. The first-order valence-corrected chi connectivity index (χ1v) is 13.1. The second kappa shape index (κ2) is 9.21. The van der Waals surface area contributed by atoms with Crippen LogP contribution in [0.15, 0.2) is 49.1 Å². The number of aromatic nitrogens is 6. The van der Waals surface area contributed by atoms with Crippen LogP contribution < -0.4 is 10.2 Å². The molecule has 38 heavy (non-hydrogen) atoms. The first-order valence-electron chi connectivity index (χ1n) is 13.1. The molecule has 0 bridgehead atoms. The zero-order chi connectivity index (χ0) is 25.6. The molecule has 5 aromatic rings. The molecule has 1 aliphatic carbocycles. The number of fused-ring (bicyclic) bond motifs is 2. The molecule has 1 aliphatic heterocycles. The van der Waals surface area contributed by atoms with Gasteiger partial charge in [0.25, 0.3) is 0 Å². The maximum Gasteiger partial charge on any atom is 0.227 e. The Morgan fingerprint density at radius 1 is 1.00 bits per heavy atom. The number of nitrogens with one attached hydrogen (secondary N) is 3. The lowest BCUT2D eigenvalue weighted by molar-refractivity contribution is -0.122. The van der Waals surface area contributed by atoms with E-state index in [1.165, 1.54) is 5.69 Å². The highest BCUT2D eigenvalue weighted by atomic mass is 16.1. The summed E-state index contributed by atoms with van der Waals surface area (Å²) in [6, 6.07) is 8.25. The Kier molecular flexibility index (Phi) is 5.54. The minimum Gasteiger partial charge on any atom is -0.368 e. The molecule has 0 atom stereocenters. The highest BCUT2D eigenvalue weighted by molar-refractivity contribution is 5.99. The number of hydrogen-bond acceptors (Lipinski definition) is 7. The summed E-state index contributed by atoms with van der Waals surface area (Å²) >= 11 is 0. The van der Waals surface area contributed by atoms with Gasteiger partial charge >= 0.3 is 0 Å². The Hall–Kier alpha value is -4.31. The lowest BCUT2D eigenvalue weighted by atomic mass is 9.85. The van der Waals surface area contributed by atoms with E-state index < -0.39 is 0 Å². The number of H-pyrrole nitrogens is 2. The van der Waals surface area contributed by atoms with Crippen molar-refractivity contribution in [1.29, 1.82) is 0 Å². The molecule has 0 spiro atoms. The fourth-order valence-corrected chi connectivity index (χ4v) is 5.31. The second-order valence-electron chi connectivity index (χ2n) is 10.3. The fraction of sp³-hybridized carbons (Fsp3) is 0.321. The number of carbonyl (C=O) groups is 1. The third kappa shape index (κ3) is 4.06. The quantitative estimate of drug-likeness (QED) is 0.328. The molecule has 10 heteroatoms. The molecule has 6 heterocycles. The van der Waals surface area contributed by atoms with E-state index in [0.29, 0.717) is 11.3 Å². The summed E-state index contributed by atoms with van der Waals surface area (Å²) < 4.78 is 0. The van der Waals surface area contributed by atoms with E-state index >= 15 is 0 Å². The zero-order valence-corrected chi connectivity index (χ0v) is 21.2. The van der Waals surface area contributed by atoms with Crippen LogP contribution in [0.4, 0.5) is 11.4 Å². The minimum absolute atomic E-state index is 0.0734. The molecule has 1 saturated carbocycles.